The van der Waals surface area contributed by atoms with Gasteiger partial charge in [-0.25, -0.2) is 9.59 Å². The minimum atomic E-state index is -3.04. The van der Waals surface area contributed by atoms with E-state index in [-0.39, 0.29) is 34.3 Å². The molecule has 2 aromatic rings. The second kappa shape index (κ2) is 10.1. The van der Waals surface area contributed by atoms with Crippen molar-refractivity contribution in [3.8, 4) is 5.75 Å². The molecule has 0 bridgehead atoms. The van der Waals surface area contributed by atoms with Crippen LogP contribution in [0.2, 0.25) is 5.02 Å². The van der Waals surface area contributed by atoms with Crippen LogP contribution < -0.4 is 10.1 Å². The summed E-state index contributed by atoms with van der Waals surface area (Å²) in [5.41, 5.74) is 1.23. The molecule has 2 rings (SSSR count). The number of H-pyrrole nitrogens is 1. The number of carbonyl (C=O) groups excluding carboxylic acids is 3. The Hall–Kier alpha value is -3.14. The Labute approximate surface area is 175 Å². The molecule has 1 amide bonds. The van der Waals surface area contributed by atoms with Gasteiger partial charge in [-0.05, 0) is 44.5 Å². The Kier molecular flexibility index (Phi) is 7.76. The molecule has 0 atom stereocenters. The predicted octanol–water partition coefficient (Wildman–Crippen LogP) is 3.86. The number of amides is 1. The molecule has 8 nitrogen and oxygen atoms in total. The Bertz CT molecular complexity index is 961. The van der Waals surface area contributed by atoms with Crippen LogP contribution in [-0.2, 0) is 14.3 Å². The maximum atomic E-state index is 12.3. The van der Waals surface area contributed by atoms with Crippen LogP contribution in [0.4, 0.5) is 14.5 Å². The number of nitrogens with one attached hydrogen (secondary N) is 2. The fraction of sp³-hybridized carbons (Fsp3) is 0.316. The van der Waals surface area contributed by atoms with Gasteiger partial charge in [-0.15, -0.1) is 0 Å². The van der Waals surface area contributed by atoms with Gasteiger partial charge in [-0.3, -0.25) is 4.79 Å². The lowest BCUT2D eigenvalue weighted by Crippen LogP contribution is -2.21. The zero-order chi connectivity index (χ0) is 22.4. The average molecular weight is 445 g/mol. The molecule has 162 valence electrons. The normalized spacial score (nSPS) is 10.6. The largest absolute Gasteiger partial charge is 0.462 e. The summed E-state index contributed by atoms with van der Waals surface area (Å²) in [6.07, 6.45) is 0. The molecular formula is C19H19ClF2N2O6. The van der Waals surface area contributed by atoms with Gasteiger partial charge >= 0.3 is 18.6 Å². The SMILES string of the molecule is CCOC(=O)c1c(C)[nH]c(C(=O)OCC(=O)Nc2ccc(OC(F)F)c(Cl)c2)c1C. The van der Waals surface area contributed by atoms with E-state index >= 15 is 0 Å². The van der Waals surface area contributed by atoms with E-state index in [0.717, 1.165) is 6.07 Å². The topological polar surface area (TPSA) is 107 Å². The number of anilines is 1. The van der Waals surface area contributed by atoms with E-state index < -0.39 is 31.1 Å². The van der Waals surface area contributed by atoms with Crippen molar-refractivity contribution in [2.24, 2.45) is 0 Å². The molecular weight excluding hydrogens is 426 g/mol. The summed E-state index contributed by atoms with van der Waals surface area (Å²) >= 11 is 5.81. The summed E-state index contributed by atoms with van der Waals surface area (Å²) in [4.78, 5) is 39.0. The van der Waals surface area contributed by atoms with Crippen LogP contribution in [0.5, 0.6) is 5.75 Å². The second-order valence-corrected chi connectivity index (χ2v) is 6.40. The highest BCUT2D eigenvalue weighted by molar-refractivity contribution is 6.32. The van der Waals surface area contributed by atoms with E-state index in [4.69, 9.17) is 21.1 Å². The number of benzene rings is 1. The summed E-state index contributed by atoms with van der Waals surface area (Å²) in [5, 5.41) is 2.28. The molecule has 0 fully saturated rings. The molecule has 1 aromatic heterocycles. The highest BCUT2D eigenvalue weighted by atomic mass is 35.5. The first kappa shape index (κ1) is 23.1. The second-order valence-electron chi connectivity index (χ2n) is 5.99. The van der Waals surface area contributed by atoms with Crippen LogP contribution in [-0.4, -0.2) is 42.7 Å². The van der Waals surface area contributed by atoms with Crippen molar-refractivity contribution in [1.29, 1.82) is 0 Å². The van der Waals surface area contributed by atoms with E-state index in [1.54, 1.807) is 20.8 Å². The quantitative estimate of drug-likeness (QED) is 0.599. The average Bonchev–Trinajstić information content (AvgIpc) is 2.96. The van der Waals surface area contributed by atoms with Crippen molar-refractivity contribution in [3.05, 3.63) is 45.7 Å². The number of hydrogen-bond acceptors (Lipinski definition) is 6. The fourth-order valence-corrected chi connectivity index (χ4v) is 2.86. The molecule has 30 heavy (non-hydrogen) atoms. The van der Waals surface area contributed by atoms with Crippen molar-refractivity contribution >= 4 is 35.1 Å². The number of hydrogen-bond donors (Lipinski definition) is 2. The van der Waals surface area contributed by atoms with Crippen molar-refractivity contribution < 1.29 is 37.4 Å². The van der Waals surface area contributed by atoms with Gasteiger partial charge in [-0.2, -0.15) is 8.78 Å². The zero-order valence-electron chi connectivity index (χ0n) is 16.3. The standard InChI is InChI=1S/C19H19ClF2N2O6/c1-4-28-17(26)15-9(2)16(23-10(15)3)18(27)29-8-14(25)24-11-5-6-13(12(20)7-11)30-19(21)22/h5-7,19,23H,4,8H2,1-3H3,(H,24,25). The van der Waals surface area contributed by atoms with Gasteiger partial charge in [-0.1, -0.05) is 11.6 Å². The molecule has 0 saturated heterocycles. The third-order valence-corrected chi connectivity index (χ3v) is 4.18. The van der Waals surface area contributed by atoms with Gasteiger partial charge in [0.2, 0.25) is 0 Å². The minimum absolute atomic E-state index is 0.0277. The number of halogens is 3. The van der Waals surface area contributed by atoms with Crippen molar-refractivity contribution in [3.63, 3.8) is 0 Å². The monoisotopic (exact) mass is 444 g/mol. The van der Waals surface area contributed by atoms with Crippen molar-refractivity contribution in [2.75, 3.05) is 18.5 Å². The summed E-state index contributed by atoms with van der Waals surface area (Å²) in [5.74, 6) is -2.34. The van der Waals surface area contributed by atoms with E-state index in [1.165, 1.54) is 12.1 Å². The van der Waals surface area contributed by atoms with Gasteiger partial charge in [0, 0.05) is 11.4 Å². The van der Waals surface area contributed by atoms with Gasteiger partial charge < -0.3 is 24.5 Å². The van der Waals surface area contributed by atoms with E-state index in [9.17, 15) is 23.2 Å². The van der Waals surface area contributed by atoms with E-state index in [1.807, 2.05) is 0 Å². The number of aromatic nitrogens is 1. The number of ether oxygens (including phenoxy) is 3. The van der Waals surface area contributed by atoms with Gasteiger partial charge in [0.15, 0.2) is 6.61 Å². The lowest BCUT2D eigenvalue weighted by molar-refractivity contribution is -0.119. The smallest absolute Gasteiger partial charge is 0.387 e. The first-order valence-electron chi connectivity index (χ1n) is 8.71. The van der Waals surface area contributed by atoms with E-state index in [0.29, 0.717) is 11.3 Å². The molecule has 1 aromatic carbocycles. The van der Waals surface area contributed by atoms with Crippen LogP contribution in [0, 0.1) is 13.8 Å². The Morgan fingerprint density at radius 3 is 2.47 bits per heavy atom. The van der Waals surface area contributed by atoms with Crippen molar-refractivity contribution in [1.82, 2.24) is 4.98 Å². The van der Waals surface area contributed by atoms with Gasteiger partial charge in [0.05, 0.1) is 17.2 Å². The highest BCUT2D eigenvalue weighted by Crippen LogP contribution is 2.29. The number of aromatic amines is 1. The number of rotatable bonds is 8. The number of alkyl halides is 2. The lowest BCUT2D eigenvalue weighted by Gasteiger charge is -2.10. The number of esters is 2. The van der Waals surface area contributed by atoms with Crippen LogP contribution >= 0.6 is 11.6 Å². The third kappa shape index (κ3) is 5.69. The first-order valence-corrected chi connectivity index (χ1v) is 9.09. The van der Waals surface area contributed by atoms with Crippen LogP contribution in [0.15, 0.2) is 18.2 Å². The molecule has 0 aliphatic carbocycles. The van der Waals surface area contributed by atoms with Crippen LogP contribution in [0.3, 0.4) is 0 Å². The number of carbonyl (C=O) groups is 3. The summed E-state index contributed by atoms with van der Waals surface area (Å²) in [6.45, 7) is 1.34. The Balaban J connectivity index is 1.98. The zero-order valence-corrected chi connectivity index (χ0v) is 17.1. The van der Waals surface area contributed by atoms with E-state index in [2.05, 4.69) is 15.0 Å². The summed E-state index contributed by atoms with van der Waals surface area (Å²) in [6, 6.07) is 3.68. The molecule has 0 spiro atoms. The molecule has 1 heterocycles. The lowest BCUT2D eigenvalue weighted by atomic mass is 10.1. The molecule has 0 unspecified atom stereocenters. The minimum Gasteiger partial charge on any atom is -0.462 e. The molecule has 0 aliphatic rings. The van der Waals surface area contributed by atoms with Crippen LogP contribution in [0.25, 0.3) is 0 Å². The Morgan fingerprint density at radius 1 is 1.17 bits per heavy atom. The maximum Gasteiger partial charge on any atom is 0.387 e. The molecule has 0 radical (unpaired) electrons. The first-order chi connectivity index (χ1) is 14.1. The van der Waals surface area contributed by atoms with Crippen LogP contribution in [0.1, 0.15) is 39.0 Å². The molecule has 0 aliphatic heterocycles. The van der Waals surface area contributed by atoms with Gasteiger partial charge in [0.1, 0.15) is 11.4 Å². The fourth-order valence-electron chi connectivity index (χ4n) is 2.63. The van der Waals surface area contributed by atoms with Crippen molar-refractivity contribution in [2.45, 2.75) is 27.4 Å². The predicted molar refractivity (Wildman–Crippen MR) is 103 cm³/mol. The highest BCUT2D eigenvalue weighted by Gasteiger charge is 2.24. The molecule has 11 heteroatoms. The summed E-state index contributed by atoms with van der Waals surface area (Å²) < 4.78 is 38.6. The Morgan fingerprint density at radius 2 is 1.87 bits per heavy atom. The molecule has 0 saturated carbocycles. The molecule has 2 N–H and O–H groups in total. The van der Waals surface area contributed by atoms with Gasteiger partial charge in [0.25, 0.3) is 5.91 Å². The third-order valence-electron chi connectivity index (χ3n) is 3.89. The number of aryl methyl sites for hydroxylation is 1. The summed E-state index contributed by atoms with van der Waals surface area (Å²) in [7, 11) is 0. The maximum absolute atomic E-state index is 12.3.